The molecule has 0 N–H and O–H groups in total. The van der Waals surface area contributed by atoms with Crippen molar-refractivity contribution in [3.05, 3.63) is 37.0 Å². The van der Waals surface area contributed by atoms with E-state index in [0.29, 0.717) is 5.92 Å². The monoisotopic (exact) mass is 144 g/mol. The normalized spacial score (nSPS) is 16.5. The van der Waals surface area contributed by atoms with Crippen molar-refractivity contribution in [2.75, 3.05) is 0 Å². The number of hydrogen-bond donors (Lipinski definition) is 0. The minimum absolute atomic E-state index is 0.656. The quantitative estimate of drug-likeness (QED) is 0.413. The maximum Gasteiger partial charge on any atom is 0.0239 e. The molecule has 0 atom stereocenters. The molecular weight excluding hydrogens is 132 g/mol. The fourth-order valence-electron chi connectivity index (χ4n) is 0.701. The Hall–Kier alpha value is -1.22. The first-order valence-corrected chi connectivity index (χ1v) is 3.83. The molecule has 0 aliphatic heterocycles. The van der Waals surface area contributed by atoms with Crippen LogP contribution in [-0.2, 0) is 0 Å². The Bertz CT molecular complexity index is 241. The first kappa shape index (κ1) is 7.88. The summed E-state index contributed by atoms with van der Waals surface area (Å²) in [7, 11) is 0. The number of rotatable bonds is 2. The van der Waals surface area contributed by atoms with Crippen LogP contribution in [-0.4, -0.2) is 0 Å². The Balaban J connectivity index is 2.56. The zero-order chi connectivity index (χ0) is 8.10. The van der Waals surface area contributed by atoms with E-state index in [1.165, 1.54) is 12.8 Å². The van der Waals surface area contributed by atoms with Gasteiger partial charge in [0.05, 0.1) is 0 Å². The van der Waals surface area contributed by atoms with Crippen LogP contribution in [0.4, 0.5) is 0 Å². The molecule has 0 spiro atoms. The van der Waals surface area contributed by atoms with Gasteiger partial charge in [0.25, 0.3) is 0 Å². The van der Waals surface area contributed by atoms with Crippen LogP contribution in [0.5, 0.6) is 0 Å². The molecule has 0 saturated heterocycles. The molecule has 0 unspecified atom stereocenters. The minimum Gasteiger partial charge on any atom is -0.0990 e. The topological polar surface area (TPSA) is 0 Å². The highest BCUT2D eigenvalue weighted by Crippen LogP contribution is 2.27. The SMILES string of the molecule is C=CC=C(C#CC1CC1)C=C. The van der Waals surface area contributed by atoms with Crippen LogP contribution in [0.2, 0.25) is 0 Å². The van der Waals surface area contributed by atoms with Gasteiger partial charge < -0.3 is 0 Å². The lowest BCUT2D eigenvalue weighted by Crippen LogP contribution is -1.70. The van der Waals surface area contributed by atoms with Crippen LogP contribution in [0.3, 0.4) is 0 Å². The fourth-order valence-corrected chi connectivity index (χ4v) is 0.701. The van der Waals surface area contributed by atoms with Gasteiger partial charge in [-0.3, -0.25) is 0 Å². The predicted molar refractivity (Wildman–Crippen MR) is 49.0 cm³/mol. The lowest BCUT2D eigenvalue weighted by molar-refractivity contribution is 1.18. The van der Waals surface area contributed by atoms with Crippen molar-refractivity contribution in [2.24, 2.45) is 5.92 Å². The van der Waals surface area contributed by atoms with E-state index in [1.807, 2.05) is 6.08 Å². The number of hydrogen-bond acceptors (Lipinski definition) is 0. The second-order valence-corrected chi connectivity index (χ2v) is 2.61. The molecule has 0 aromatic rings. The van der Waals surface area contributed by atoms with Crippen LogP contribution < -0.4 is 0 Å². The predicted octanol–water partition coefficient (Wildman–Crippen LogP) is 2.70. The summed E-state index contributed by atoms with van der Waals surface area (Å²) in [5.41, 5.74) is 0.965. The highest BCUT2D eigenvalue weighted by atomic mass is 14.2. The molecule has 1 aliphatic rings. The molecule has 1 rings (SSSR count). The average Bonchev–Trinajstić information content (AvgIpc) is 2.81. The van der Waals surface area contributed by atoms with E-state index >= 15 is 0 Å². The summed E-state index contributed by atoms with van der Waals surface area (Å²) in [5, 5.41) is 0. The molecule has 1 fully saturated rings. The Morgan fingerprint density at radius 2 is 2.09 bits per heavy atom. The Morgan fingerprint density at radius 3 is 2.55 bits per heavy atom. The summed E-state index contributed by atoms with van der Waals surface area (Å²) in [4.78, 5) is 0. The van der Waals surface area contributed by atoms with Crippen LogP contribution in [0.1, 0.15) is 12.8 Å². The van der Waals surface area contributed by atoms with Crippen LogP contribution in [0.15, 0.2) is 37.0 Å². The van der Waals surface area contributed by atoms with Gasteiger partial charge in [0.15, 0.2) is 0 Å². The first-order valence-electron chi connectivity index (χ1n) is 3.83. The highest BCUT2D eigenvalue weighted by molar-refractivity contribution is 5.40. The molecule has 0 nitrogen and oxygen atoms in total. The van der Waals surface area contributed by atoms with Gasteiger partial charge in [-0.15, -0.1) is 0 Å². The van der Waals surface area contributed by atoms with Crippen LogP contribution >= 0.6 is 0 Å². The third-order valence-corrected chi connectivity index (χ3v) is 1.52. The van der Waals surface area contributed by atoms with Gasteiger partial charge in [0, 0.05) is 11.5 Å². The van der Waals surface area contributed by atoms with Crippen LogP contribution in [0, 0.1) is 17.8 Å². The van der Waals surface area contributed by atoms with Gasteiger partial charge >= 0.3 is 0 Å². The smallest absolute Gasteiger partial charge is 0.0239 e. The molecule has 11 heavy (non-hydrogen) atoms. The van der Waals surface area contributed by atoms with Crippen LogP contribution in [0.25, 0.3) is 0 Å². The summed E-state index contributed by atoms with van der Waals surface area (Å²) >= 11 is 0. The molecule has 0 bridgehead atoms. The largest absolute Gasteiger partial charge is 0.0990 e. The highest BCUT2D eigenvalue weighted by Gasteiger charge is 2.17. The molecule has 1 saturated carbocycles. The van der Waals surface area contributed by atoms with E-state index in [9.17, 15) is 0 Å². The maximum atomic E-state index is 3.66. The van der Waals surface area contributed by atoms with Gasteiger partial charge in [-0.2, -0.15) is 0 Å². The van der Waals surface area contributed by atoms with Gasteiger partial charge in [-0.1, -0.05) is 37.2 Å². The van der Waals surface area contributed by atoms with Crippen molar-refractivity contribution in [2.45, 2.75) is 12.8 Å². The molecule has 0 heteroatoms. The summed E-state index contributed by atoms with van der Waals surface area (Å²) < 4.78 is 0. The molecular formula is C11H12. The van der Waals surface area contributed by atoms with Crippen molar-refractivity contribution in [3.63, 3.8) is 0 Å². The third-order valence-electron chi connectivity index (χ3n) is 1.52. The summed E-state index contributed by atoms with van der Waals surface area (Å²) in [6.07, 6.45) is 7.91. The Morgan fingerprint density at radius 1 is 1.36 bits per heavy atom. The van der Waals surface area contributed by atoms with Crippen molar-refractivity contribution >= 4 is 0 Å². The Labute approximate surface area is 68.3 Å². The zero-order valence-corrected chi connectivity index (χ0v) is 6.64. The van der Waals surface area contributed by atoms with Gasteiger partial charge in [0.1, 0.15) is 0 Å². The molecule has 0 aromatic heterocycles. The zero-order valence-electron chi connectivity index (χ0n) is 6.64. The summed E-state index contributed by atoms with van der Waals surface area (Å²) in [5.74, 6) is 6.86. The van der Waals surface area contributed by atoms with E-state index in [0.717, 1.165) is 5.57 Å². The fraction of sp³-hybridized carbons (Fsp3) is 0.273. The van der Waals surface area contributed by atoms with Crippen molar-refractivity contribution < 1.29 is 0 Å². The molecule has 0 heterocycles. The van der Waals surface area contributed by atoms with Crippen molar-refractivity contribution in [3.8, 4) is 11.8 Å². The first-order chi connectivity index (χ1) is 5.36. The van der Waals surface area contributed by atoms with Crippen molar-refractivity contribution in [1.29, 1.82) is 0 Å². The van der Waals surface area contributed by atoms with Gasteiger partial charge in [0.2, 0.25) is 0 Å². The van der Waals surface area contributed by atoms with Gasteiger partial charge in [-0.05, 0) is 18.9 Å². The Kier molecular flexibility index (Phi) is 2.74. The van der Waals surface area contributed by atoms with Crippen molar-refractivity contribution in [1.82, 2.24) is 0 Å². The lowest BCUT2D eigenvalue weighted by atomic mass is 10.2. The molecule has 1 aliphatic carbocycles. The average molecular weight is 144 g/mol. The van der Waals surface area contributed by atoms with E-state index < -0.39 is 0 Å². The molecule has 0 aromatic carbocycles. The van der Waals surface area contributed by atoms with E-state index in [-0.39, 0.29) is 0 Å². The molecule has 0 radical (unpaired) electrons. The minimum atomic E-state index is 0.656. The summed E-state index contributed by atoms with van der Waals surface area (Å²) in [6.45, 7) is 7.26. The molecule has 0 amide bonds. The van der Waals surface area contributed by atoms with E-state index in [2.05, 4.69) is 25.0 Å². The second-order valence-electron chi connectivity index (χ2n) is 2.61. The third kappa shape index (κ3) is 2.91. The number of allylic oxidation sites excluding steroid dienone is 4. The summed E-state index contributed by atoms with van der Waals surface area (Å²) in [6, 6.07) is 0. The maximum absolute atomic E-state index is 3.66. The van der Waals surface area contributed by atoms with Gasteiger partial charge in [-0.25, -0.2) is 0 Å². The van der Waals surface area contributed by atoms with E-state index in [4.69, 9.17) is 0 Å². The van der Waals surface area contributed by atoms with E-state index in [1.54, 1.807) is 12.2 Å². The second kappa shape index (κ2) is 3.83. The lowest BCUT2D eigenvalue weighted by Gasteiger charge is -1.83. The standard InChI is InChI=1S/C11H12/c1-3-5-10(4-2)6-7-11-8-9-11/h3-5,11H,1-2,8-9H2. The molecule has 56 valence electrons.